The topological polar surface area (TPSA) is 129 Å². The molecular formula is C27H35ClF3N3O6. The van der Waals surface area contributed by atoms with E-state index in [0.29, 0.717) is 54.9 Å². The van der Waals surface area contributed by atoms with E-state index >= 15 is 0 Å². The number of anilines is 1. The lowest BCUT2D eigenvalue weighted by Gasteiger charge is -2.26. The first-order valence-corrected chi connectivity index (χ1v) is 13.1. The van der Waals surface area contributed by atoms with Crippen LogP contribution in [0.3, 0.4) is 0 Å². The molecule has 0 fully saturated rings. The van der Waals surface area contributed by atoms with Gasteiger partial charge in [-0.05, 0) is 49.1 Å². The maximum atomic E-state index is 13.3. The molecule has 3 N–H and O–H groups in total. The van der Waals surface area contributed by atoms with E-state index in [1.165, 1.54) is 0 Å². The average Bonchev–Trinajstić information content (AvgIpc) is 2.89. The smallest absolute Gasteiger partial charge is 0.490 e. The highest BCUT2D eigenvalue weighted by Crippen LogP contribution is 2.23. The molecule has 1 amide bonds. The van der Waals surface area contributed by atoms with E-state index < -0.39 is 18.1 Å². The van der Waals surface area contributed by atoms with E-state index in [2.05, 4.69) is 24.1 Å². The van der Waals surface area contributed by atoms with Gasteiger partial charge in [-0.25, -0.2) is 4.79 Å². The Balaban J connectivity index is 0.00000101. The molecule has 1 aromatic heterocycles. The SMILES string of the molecule is CCC(C)CN(CCCCCC(=O)O)C(=O)c1cc(Cl)cc(OCCNc2ccncc2)c1.O=C(O)C(F)(F)F. The number of rotatable bonds is 15. The molecule has 0 aliphatic carbocycles. The number of alkyl halides is 3. The summed E-state index contributed by atoms with van der Waals surface area (Å²) in [4.78, 5) is 38.7. The standard InChI is InChI=1S/C25H34ClN3O4.C2HF3O2/c1-3-19(2)18-29(13-6-4-5-7-24(30)31)25(32)20-15-21(26)17-23(16-20)33-14-12-28-22-8-10-27-11-9-22;3-2(4,5)1(6)7/h8-11,15-17,19H,3-7,12-14,18H2,1-2H3,(H,27,28)(H,30,31);(H,6,7). The monoisotopic (exact) mass is 589 g/mol. The van der Waals surface area contributed by atoms with Crippen molar-refractivity contribution in [1.82, 2.24) is 9.88 Å². The fraction of sp³-hybridized carbons (Fsp3) is 0.481. The molecule has 9 nitrogen and oxygen atoms in total. The van der Waals surface area contributed by atoms with Gasteiger partial charge < -0.3 is 25.2 Å². The molecule has 1 unspecified atom stereocenters. The van der Waals surface area contributed by atoms with E-state index in [9.17, 15) is 22.8 Å². The first-order chi connectivity index (χ1) is 18.8. The number of carboxylic acids is 2. The highest BCUT2D eigenvalue weighted by atomic mass is 35.5. The molecule has 2 aromatic rings. The van der Waals surface area contributed by atoms with Crippen LogP contribution in [0.4, 0.5) is 18.9 Å². The van der Waals surface area contributed by atoms with E-state index in [4.69, 9.17) is 31.3 Å². The van der Waals surface area contributed by atoms with E-state index in [1.807, 2.05) is 17.0 Å². The number of carbonyl (C=O) groups excluding carboxylic acids is 1. The molecular weight excluding hydrogens is 555 g/mol. The summed E-state index contributed by atoms with van der Waals surface area (Å²) in [6.07, 6.45) is 1.63. The van der Waals surface area contributed by atoms with Gasteiger partial charge in [0.1, 0.15) is 12.4 Å². The number of hydrogen-bond acceptors (Lipinski definition) is 6. The van der Waals surface area contributed by atoms with Crippen LogP contribution in [0, 0.1) is 5.92 Å². The van der Waals surface area contributed by atoms with Crippen molar-refractivity contribution >= 4 is 35.1 Å². The Labute approximate surface area is 236 Å². The molecule has 1 heterocycles. The molecule has 0 saturated carbocycles. The van der Waals surface area contributed by atoms with Crippen molar-refractivity contribution in [3.8, 4) is 5.75 Å². The number of halogens is 4. The lowest BCUT2D eigenvalue weighted by Crippen LogP contribution is -2.35. The van der Waals surface area contributed by atoms with Gasteiger partial charge in [0.15, 0.2) is 0 Å². The Morgan fingerprint density at radius 2 is 1.75 bits per heavy atom. The number of pyridine rings is 1. The summed E-state index contributed by atoms with van der Waals surface area (Å²) in [5, 5.41) is 19.6. The van der Waals surface area contributed by atoms with Gasteiger partial charge in [0.25, 0.3) is 5.91 Å². The Morgan fingerprint density at radius 1 is 1.10 bits per heavy atom. The van der Waals surface area contributed by atoms with Crippen LogP contribution >= 0.6 is 11.6 Å². The fourth-order valence-corrected chi connectivity index (χ4v) is 3.55. The number of nitrogens with zero attached hydrogens (tertiary/aromatic N) is 2. The summed E-state index contributed by atoms with van der Waals surface area (Å²) >= 11 is 6.29. The summed E-state index contributed by atoms with van der Waals surface area (Å²) in [6, 6.07) is 8.86. The minimum atomic E-state index is -5.08. The zero-order chi connectivity index (χ0) is 30.1. The molecule has 0 aliphatic heterocycles. The number of unbranched alkanes of at least 4 members (excludes halogenated alkanes) is 2. The fourth-order valence-electron chi connectivity index (χ4n) is 3.32. The summed E-state index contributed by atoms with van der Waals surface area (Å²) in [5.74, 6) is -2.72. The molecule has 0 bridgehead atoms. The van der Waals surface area contributed by atoms with Gasteiger partial charge in [0, 0.05) is 54.7 Å². The molecule has 2 rings (SSSR count). The van der Waals surface area contributed by atoms with Gasteiger partial charge in [-0.1, -0.05) is 38.3 Å². The van der Waals surface area contributed by atoms with Gasteiger partial charge in [-0.2, -0.15) is 13.2 Å². The largest absolute Gasteiger partial charge is 0.492 e. The van der Waals surface area contributed by atoms with Gasteiger partial charge in [0.2, 0.25) is 0 Å². The second-order valence-electron chi connectivity index (χ2n) is 8.96. The van der Waals surface area contributed by atoms with Crippen molar-refractivity contribution in [2.75, 3.05) is 31.6 Å². The first-order valence-electron chi connectivity index (χ1n) is 12.7. The molecule has 0 radical (unpaired) electrons. The van der Waals surface area contributed by atoms with Gasteiger partial charge >= 0.3 is 18.1 Å². The Kier molecular flexibility index (Phi) is 15.5. The molecule has 0 aliphatic rings. The second kappa shape index (κ2) is 17.9. The third kappa shape index (κ3) is 14.6. The van der Waals surface area contributed by atoms with Crippen molar-refractivity contribution in [2.24, 2.45) is 5.92 Å². The van der Waals surface area contributed by atoms with Crippen molar-refractivity contribution < 1.29 is 42.5 Å². The quantitative estimate of drug-likeness (QED) is 0.216. The van der Waals surface area contributed by atoms with Crippen LogP contribution < -0.4 is 10.1 Å². The lowest BCUT2D eigenvalue weighted by molar-refractivity contribution is -0.192. The summed E-state index contributed by atoms with van der Waals surface area (Å²) in [6.45, 7) is 6.46. The van der Waals surface area contributed by atoms with Crippen LogP contribution in [0.1, 0.15) is 56.3 Å². The number of benzene rings is 1. The second-order valence-corrected chi connectivity index (χ2v) is 9.40. The minimum Gasteiger partial charge on any atom is -0.492 e. The number of carboxylic acid groups (broad SMARTS) is 2. The molecule has 0 spiro atoms. The summed E-state index contributed by atoms with van der Waals surface area (Å²) in [7, 11) is 0. The highest BCUT2D eigenvalue weighted by Gasteiger charge is 2.38. The maximum absolute atomic E-state index is 13.3. The molecule has 13 heteroatoms. The number of aromatic nitrogens is 1. The number of carbonyl (C=O) groups is 3. The highest BCUT2D eigenvalue weighted by molar-refractivity contribution is 6.31. The normalized spacial score (nSPS) is 11.6. The average molecular weight is 590 g/mol. The van der Waals surface area contributed by atoms with Crippen molar-refractivity contribution in [2.45, 2.75) is 52.1 Å². The predicted octanol–water partition coefficient (Wildman–Crippen LogP) is 5.99. The lowest BCUT2D eigenvalue weighted by atomic mass is 10.1. The molecule has 1 atom stereocenters. The van der Waals surface area contributed by atoms with Crippen molar-refractivity contribution in [3.05, 3.63) is 53.3 Å². The molecule has 0 saturated heterocycles. The van der Waals surface area contributed by atoms with Crippen LogP contribution in [0.15, 0.2) is 42.7 Å². The number of amides is 1. The van der Waals surface area contributed by atoms with Crippen LogP contribution in [0.2, 0.25) is 5.02 Å². The molecule has 1 aromatic carbocycles. The molecule has 222 valence electrons. The maximum Gasteiger partial charge on any atom is 0.490 e. The van der Waals surface area contributed by atoms with Crippen LogP contribution in [0.5, 0.6) is 5.75 Å². The third-order valence-electron chi connectivity index (χ3n) is 5.58. The number of ether oxygens (including phenoxy) is 1. The zero-order valence-corrected chi connectivity index (χ0v) is 23.2. The number of hydrogen-bond donors (Lipinski definition) is 3. The van der Waals surface area contributed by atoms with Crippen molar-refractivity contribution in [1.29, 1.82) is 0 Å². The summed E-state index contributed by atoms with van der Waals surface area (Å²) in [5.41, 5.74) is 1.45. The van der Waals surface area contributed by atoms with Gasteiger partial charge in [-0.15, -0.1) is 0 Å². The van der Waals surface area contributed by atoms with Crippen molar-refractivity contribution in [3.63, 3.8) is 0 Å². The van der Waals surface area contributed by atoms with Gasteiger partial charge in [0.05, 0.1) is 0 Å². The number of aliphatic carboxylic acids is 2. The Hall–Kier alpha value is -3.54. The van der Waals surface area contributed by atoms with Crippen LogP contribution in [0.25, 0.3) is 0 Å². The number of nitrogens with one attached hydrogen (secondary N) is 1. The predicted molar refractivity (Wildman–Crippen MR) is 145 cm³/mol. The third-order valence-corrected chi connectivity index (χ3v) is 5.79. The summed E-state index contributed by atoms with van der Waals surface area (Å²) < 4.78 is 37.6. The first kappa shape index (κ1) is 34.5. The zero-order valence-electron chi connectivity index (χ0n) is 22.4. The Bertz CT molecular complexity index is 1070. The molecule has 40 heavy (non-hydrogen) atoms. The van der Waals surface area contributed by atoms with E-state index in [1.54, 1.807) is 30.6 Å². The Morgan fingerprint density at radius 3 is 2.33 bits per heavy atom. The van der Waals surface area contributed by atoms with Crippen LogP contribution in [-0.2, 0) is 9.59 Å². The minimum absolute atomic E-state index is 0.0872. The van der Waals surface area contributed by atoms with Crippen LogP contribution in [-0.4, -0.2) is 70.4 Å². The van der Waals surface area contributed by atoms with E-state index in [0.717, 1.165) is 24.9 Å². The van der Waals surface area contributed by atoms with E-state index in [-0.39, 0.29) is 12.3 Å². The van der Waals surface area contributed by atoms with Gasteiger partial charge in [-0.3, -0.25) is 14.6 Å².